The summed E-state index contributed by atoms with van der Waals surface area (Å²) in [5.41, 5.74) is 23.6. The highest BCUT2D eigenvalue weighted by Crippen LogP contribution is 2.12. The Balaban J connectivity index is 2.27. The van der Waals surface area contributed by atoms with E-state index >= 15 is 0 Å². The van der Waals surface area contributed by atoms with Gasteiger partial charge in [0.15, 0.2) is 5.96 Å². The Morgan fingerprint density at radius 1 is 0.637 bits per heavy atom. The number of aromatic amines is 1. The zero-order valence-corrected chi connectivity index (χ0v) is 46.3. The van der Waals surface area contributed by atoms with E-state index in [2.05, 4.69) is 62.8 Å². The number of carboxylic acids is 1. The number of nitrogens with two attached hydrogens (primary N) is 4. The number of carbonyl (C=O) groups excluding carboxylic acids is 9. The van der Waals surface area contributed by atoms with Gasteiger partial charge >= 0.3 is 5.97 Å². The molecule has 1 heterocycles. The number of guanidine groups is 1. The van der Waals surface area contributed by atoms with Crippen LogP contribution in [0.25, 0.3) is 0 Å². The first-order valence-electron chi connectivity index (χ1n) is 26.6. The Kier molecular flexibility index (Phi) is 30.5. The second-order valence-corrected chi connectivity index (χ2v) is 19.5. The number of aryl methyl sites for hydroxylation is 1. The maximum atomic E-state index is 14.2. The molecular formula is C51H84N16O13. The van der Waals surface area contributed by atoms with Crippen LogP contribution in [-0.2, 0) is 60.8 Å². The lowest BCUT2D eigenvalue weighted by Gasteiger charge is -2.28. The largest absolute Gasteiger partial charge is 0.480 e. The Bertz CT molecular complexity index is 2350. The van der Waals surface area contributed by atoms with Gasteiger partial charge in [0.1, 0.15) is 48.3 Å². The van der Waals surface area contributed by atoms with Crippen LogP contribution in [0.5, 0.6) is 0 Å². The smallest absolute Gasteiger partial charge is 0.326 e. The van der Waals surface area contributed by atoms with Crippen LogP contribution in [0.2, 0.25) is 0 Å². The molecule has 0 bridgehead atoms. The predicted octanol–water partition coefficient (Wildman–Crippen LogP) is -4.59. The Morgan fingerprint density at radius 2 is 1.20 bits per heavy atom. The second-order valence-electron chi connectivity index (χ2n) is 19.5. The Labute approximate surface area is 464 Å². The van der Waals surface area contributed by atoms with Crippen molar-refractivity contribution in [2.24, 2.45) is 33.8 Å². The number of aliphatic hydroxyl groups excluding tert-OH is 2. The molecule has 0 saturated heterocycles. The van der Waals surface area contributed by atoms with Gasteiger partial charge in [-0.1, -0.05) is 63.9 Å². The highest BCUT2D eigenvalue weighted by molar-refractivity contribution is 5.98. The quantitative estimate of drug-likeness (QED) is 0.0172. The molecule has 1 aromatic carbocycles. The second kappa shape index (κ2) is 35.7. The van der Waals surface area contributed by atoms with Gasteiger partial charge in [0.2, 0.25) is 53.2 Å². The van der Waals surface area contributed by atoms with Crippen molar-refractivity contribution < 1.29 is 63.3 Å². The predicted molar refractivity (Wildman–Crippen MR) is 293 cm³/mol. The van der Waals surface area contributed by atoms with Gasteiger partial charge in [0.05, 0.1) is 31.1 Å². The molecule has 0 aliphatic heterocycles. The number of imidazole rings is 1. The van der Waals surface area contributed by atoms with E-state index in [0.717, 1.165) is 19.4 Å². The molecule has 0 saturated carbocycles. The molecule has 29 heteroatoms. The number of carboxylic acid groups (broad SMARTS) is 1. The number of aliphatic hydroxyl groups is 2. The maximum absolute atomic E-state index is 14.2. The minimum absolute atomic E-state index is 0.00289. The summed E-state index contributed by atoms with van der Waals surface area (Å²) in [6, 6.07) is -3.31. The minimum Gasteiger partial charge on any atom is -0.480 e. The number of hydrogen-bond donors (Lipinski definition) is 17. The van der Waals surface area contributed by atoms with Crippen LogP contribution in [0, 0.1) is 5.92 Å². The highest BCUT2D eigenvalue weighted by atomic mass is 16.4. The summed E-state index contributed by atoms with van der Waals surface area (Å²) in [5, 5.41) is 53.3. The summed E-state index contributed by atoms with van der Waals surface area (Å²) in [4.78, 5) is 145. The average molecular weight is 1130 g/mol. The molecule has 21 N–H and O–H groups in total. The third-order valence-corrected chi connectivity index (χ3v) is 12.7. The summed E-state index contributed by atoms with van der Waals surface area (Å²) >= 11 is 0. The number of aromatic nitrogens is 2. The van der Waals surface area contributed by atoms with Crippen LogP contribution in [0.1, 0.15) is 104 Å². The van der Waals surface area contributed by atoms with Crippen molar-refractivity contribution >= 4 is 65.1 Å². The molecule has 0 radical (unpaired) electrons. The van der Waals surface area contributed by atoms with E-state index in [4.69, 9.17) is 22.9 Å². The number of hydrogen-bond acceptors (Lipinski definition) is 16. The topological polar surface area (TPSA) is 485 Å². The number of nitrogens with one attached hydrogen (secondary N) is 10. The fourth-order valence-corrected chi connectivity index (χ4v) is 7.84. The van der Waals surface area contributed by atoms with E-state index in [1.54, 1.807) is 39.0 Å². The van der Waals surface area contributed by atoms with Gasteiger partial charge in [-0.15, -0.1) is 0 Å². The average Bonchev–Trinajstić information content (AvgIpc) is 3.93. The lowest BCUT2D eigenvalue weighted by molar-refractivity contribution is -0.143. The molecule has 12 atom stereocenters. The molecule has 1 unspecified atom stereocenters. The van der Waals surface area contributed by atoms with E-state index in [1.807, 2.05) is 12.1 Å². The van der Waals surface area contributed by atoms with Crippen LogP contribution in [0.3, 0.4) is 0 Å². The van der Waals surface area contributed by atoms with Gasteiger partial charge in [-0.25, -0.2) is 9.78 Å². The third kappa shape index (κ3) is 24.5. The molecule has 0 aliphatic carbocycles. The first kappa shape index (κ1) is 68.3. The monoisotopic (exact) mass is 1130 g/mol. The Morgan fingerprint density at radius 3 is 1.77 bits per heavy atom. The van der Waals surface area contributed by atoms with E-state index in [0.29, 0.717) is 25.0 Å². The molecule has 9 amide bonds. The van der Waals surface area contributed by atoms with Crippen molar-refractivity contribution in [3.63, 3.8) is 0 Å². The fourth-order valence-electron chi connectivity index (χ4n) is 7.84. The minimum atomic E-state index is -1.83. The van der Waals surface area contributed by atoms with E-state index in [9.17, 15) is 63.3 Å². The molecule has 1 aromatic heterocycles. The lowest BCUT2D eigenvalue weighted by atomic mass is 9.97. The molecular weight excluding hydrogens is 1040 g/mol. The number of aliphatic carboxylic acids is 1. The van der Waals surface area contributed by atoms with E-state index in [1.165, 1.54) is 19.4 Å². The van der Waals surface area contributed by atoms with Crippen LogP contribution in [-0.4, -0.2) is 177 Å². The van der Waals surface area contributed by atoms with Crippen LogP contribution < -0.4 is 70.8 Å². The molecule has 0 aliphatic rings. The van der Waals surface area contributed by atoms with Crippen LogP contribution in [0.15, 0.2) is 47.8 Å². The first-order chi connectivity index (χ1) is 37.8. The summed E-state index contributed by atoms with van der Waals surface area (Å²) < 4.78 is 0. The molecule has 80 heavy (non-hydrogen) atoms. The Hall–Kier alpha value is -7.76. The van der Waals surface area contributed by atoms with E-state index in [-0.39, 0.29) is 64.0 Å². The van der Waals surface area contributed by atoms with Gasteiger partial charge in [-0.05, 0) is 83.7 Å². The number of benzene rings is 1. The van der Waals surface area contributed by atoms with E-state index < -0.39 is 138 Å². The maximum Gasteiger partial charge on any atom is 0.326 e. The van der Waals surface area contributed by atoms with Crippen LogP contribution in [0.4, 0.5) is 0 Å². The zero-order chi connectivity index (χ0) is 60.1. The molecule has 0 fully saturated rings. The first-order valence-corrected chi connectivity index (χ1v) is 26.6. The number of carbonyl (C=O) groups is 10. The standard InChI is InChI=1S/C51H84N16O13/c1-7-14-36(50(79)80)63-48(77)39(27(3)8-2)65-45(74)34(18-12-21-52)61-38(70)25-58-47(76)40(29(5)68)67-49(78)41(30(6)69)66-46(75)37(23-32-24-56-26-59-32)64-44(73)35(20-19-31-15-10-9-11-16-31)62-42(71)28(4)60-43(72)33(53)17-13-22-57-51(54)55/h9-11,15-16,24,26-30,33-37,39-41,68-69H,7-8,12-14,17-23,25,52-53H2,1-6H3,(H,56,59)(H,58,76)(H,60,72)(H,61,70)(H,62,71)(H,63,77)(H,64,73)(H,65,74)(H,66,75)(H,67,78)(H,79,80)(H4,54,55,57)/t27?,28-,29+,30+,33-,34-,35-,36-,37-,39-,40-,41-/m0/s1. The van der Waals surface area contributed by atoms with Crippen molar-refractivity contribution in [1.82, 2.24) is 57.8 Å². The van der Waals surface area contributed by atoms with Crippen molar-refractivity contribution in [3.05, 3.63) is 54.1 Å². The van der Waals surface area contributed by atoms with Crippen molar-refractivity contribution in [2.45, 2.75) is 172 Å². The third-order valence-electron chi connectivity index (χ3n) is 12.7. The van der Waals surface area contributed by atoms with Gasteiger partial charge in [0.25, 0.3) is 0 Å². The van der Waals surface area contributed by atoms with Gasteiger partial charge in [-0.2, -0.15) is 0 Å². The fraction of sp³-hybridized carbons (Fsp3) is 0.608. The summed E-state index contributed by atoms with van der Waals surface area (Å²) in [5.74, 6) is -9.79. The van der Waals surface area contributed by atoms with Crippen LogP contribution >= 0.6 is 0 Å². The number of nitrogens with zero attached hydrogens (tertiary/aromatic N) is 2. The highest BCUT2D eigenvalue weighted by Gasteiger charge is 2.37. The lowest BCUT2D eigenvalue weighted by Crippen LogP contribution is -2.62. The molecule has 29 nitrogen and oxygen atoms in total. The van der Waals surface area contributed by atoms with Gasteiger partial charge < -0.3 is 91.1 Å². The zero-order valence-electron chi connectivity index (χ0n) is 46.3. The number of amides is 9. The van der Waals surface area contributed by atoms with Crippen molar-refractivity contribution in [3.8, 4) is 0 Å². The van der Waals surface area contributed by atoms with Crippen molar-refractivity contribution in [1.29, 1.82) is 0 Å². The summed E-state index contributed by atoms with van der Waals surface area (Å²) in [6.45, 7) is 8.44. The summed E-state index contributed by atoms with van der Waals surface area (Å²) in [6.07, 6.45) is 1.25. The SMILES string of the molecule is CCC[C@H](NC(=O)[C@@H](NC(=O)[C@H](CCCN)NC(=O)CNC(=O)[C@@H](NC(=O)[C@@H](NC(=O)[C@H](Cc1cnc[nH]1)NC(=O)[C@H](CCc1ccccc1)NC(=O)[C@H](C)NC(=O)[C@@H](N)CCCN=C(N)N)[C@@H](C)O)[C@@H](C)O)C(C)CC)C(=O)O. The molecule has 2 rings (SSSR count). The number of aliphatic imine (C=N–C) groups is 1. The van der Waals surface area contributed by atoms with Crippen molar-refractivity contribution in [2.75, 3.05) is 19.6 Å². The normalized spacial score (nSPS) is 15.6. The number of H-pyrrole nitrogens is 1. The number of rotatable bonds is 37. The van der Waals surface area contributed by atoms with Gasteiger partial charge in [0, 0.05) is 24.9 Å². The molecule has 2 aromatic rings. The molecule has 446 valence electrons. The van der Waals surface area contributed by atoms with Gasteiger partial charge in [-0.3, -0.25) is 48.1 Å². The summed E-state index contributed by atoms with van der Waals surface area (Å²) in [7, 11) is 0. The molecule has 0 spiro atoms.